The van der Waals surface area contributed by atoms with Crippen LogP contribution in [0.5, 0.6) is 5.75 Å². The molecule has 0 saturated carbocycles. The molecule has 1 aromatic heterocycles. The molecule has 0 aliphatic carbocycles. The summed E-state index contributed by atoms with van der Waals surface area (Å²) in [5, 5.41) is 24.7. The number of rotatable bonds is 7. The highest BCUT2D eigenvalue weighted by molar-refractivity contribution is 5.87. The van der Waals surface area contributed by atoms with E-state index in [1.807, 2.05) is 30.3 Å². The lowest BCUT2D eigenvalue weighted by Gasteiger charge is -2.20. The van der Waals surface area contributed by atoms with Crippen LogP contribution in [0.15, 0.2) is 69.0 Å². The summed E-state index contributed by atoms with van der Waals surface area (Å²) in [4.78, 5) is 15.2. The SMILES string of the molecule is O=c1oc2ccccc2c(O)c1[C@H](C/C(CCN1CCCC1)=N/O)c1ccccc1. The first-order valence-corrected chi connectivity index (χ1v) is 10.4. The minimum Gasteiger partial charge on any atom is -0.507 e. The smallest absolute Gasteiger partial charge is 0.343 e. The molecule has 0 amide bonds. The zero-order chi connectivity index (χ0) is 20.9. The number of aromatic hydroxyl groups is 1. The highest BCUT2D eigenvalue weighted by Gasteiger charge is 2.26. The van der Waals surface area contributed by atoms with Gasteiger partial charge >= 0.3 is 5.63 Å². The molecule has 156 valence electrons. The molecule has 2 heterocycles. The van der Waals surface area contributed by atoms with Gasteiger partial charge in [0, 0.05) is 25.3 Å². The van der Waals surface area contributed by atoms with Gasteiger partial charge in [-0.3, -0.25) is 0 Å². The van der Waals surface area contributed by atoms with Crippen LogP contribution >= 0.6 is 0 Å². The van der Waals surface area contributed by atoms with Crippen LogP contribution in [-0.4, -0.2) is 40.6 Å². The van der Waals surface area contributed by atoms with Gasteiger partial charge in [-0.25, -0.2) is 4.79 Å². The summed E-state index contributed by atoms with van der Waals surface area (Å²) in [5.74, 6) is -0.552. The van der Waals surface area contributed by atoms with Gasteiger partial charge in [0.2, 0.25) is 0 Å². The molecule has 2 N–H and O–H groups in total. The summed E-state index contributed by atoms with van der Waals surface area (Å²) in [5.41, 5.74) is 1.43. The normalized spacial score (nSPS) is 16.2. The third-order valence-electron chi connectivity index (χ3n) is 5.87. The molecule has 3 aromatic rings. The molecule has 1 saturated heterocycles. The highest BCUT2D eigenvalue weighted by atomic mass is 16.4. The minimum atomic E-state index is -0.572. The van der Waals surface area contributed by atoms with Crippen LogP contribution in [0, 0.1) is 0 Å². The Balaban J connectivity index is 1.70. The number of para-hydroxylation sites is 1. The Morgan fingerprint density at radius 3 is 2.50 bits per heavy atom. The van der Waals surface area contributed by atoms with E-state index in [2.05, 4.69) is 10.1 Å². The zero-order valence-corrected chi connectivity index (χ0v) is 16.8. The highest BCUT2D eigenvalue weighted by Crippen LogP contribution is 2.36. The Morgan fingerprint density at radius 2 is 1.77 bits per heavy atom. The van der Waals surface area contributed by atoms with Crippen molar-refractivity contribution < 1.29 is 14.7 Å². The number of oxime groups is 1. The molecular weight excluding hydrogens is 380 g/mol. The van der Waals surface area contributed by atoms with Crippen molar-refractivity contribution in [2.24, 2.45) is 5.16 Å². The lowest BCUT2D eigenvalue weighted by atomic mass is 9.86. The Morgan fingerprint density at radius 1 is 1.07 bits per heavy atom. The summed E-state index contributed by atoms with van der Waals surface area (Å²) in [6, 6.07) is 16.4. The predicted molar refractivity (Wildman–Crippen MR) is 117 cm³/mol. The fourth-order valence-electron chi connectivity index (χ4n) is 4.25. The molecule has 0 unspecified atom stereocenters. The maximum Gasteiger partial charge on any atom is 0.343 e. The van der Waals surface area contributed by atoms with E-state index in [9.17, 15) is 15.1 Å². The molecule has 1 aliphatic rings. The van der Waals surface area contributed by atoms with Gasteiger partial charge in [0.1, 0.15) is 11.3 Å². The lowest BCUT2D eigenvalue weighted by Crippen LogP contribution is -2.24. The first kappa shape index (κ1) is 20.2. The standard InChI is InChI=1S/C24H26N2O4/c27-23-19-10-4-5-11-21(19)30-24(28)22(23)20(17-8-2-1-3-9-17)16-18(25-29)12-15-26-13-6-7-14-26/h1-5,8-11,20,27,29H,6-7,12-16H2/b25-18+/t20-/m1/s1. The van der Waals surface area contributed by atoms with Gasteiger partial charge in [0.05, 0.1) is 16.7 Å². The summed E-state index contributed by atoms with van der Waals surface area (Å²) in [6.45, 7) is 2.95. The van der Waals surface area contributed by atoms with Crippen LogP contribution in [0.3, 0.4) is 0 Å². The Kier molecular flexibility index (Phi) is 6.14. The van der Waals surface area contributed by atoms with Crippen molar-refractivity contribution in [2.45, 2.75) is 31.6 Å². The lowest BCUT2D eigenvalue weighted by molar-refractivity contribution is 0.310. The van der Waals surface area contributed by atoms with E-state index >= 15 is 0 Å². The van der Waals surface area contributed by atoms with Crippen LogP contribution in [0.1, 0.15) is 42.7 Å². The molecule has 6 nitrogen and oxygen atoms in total. The van der Waals surface area contributed by atoms with E-state index in [1.165, 1.54) is 12.8 Å². The molecule has 6 heteroatoms. The van der Waals surface area contributed by atoms with Gasteiger partial charge in [0.25, 0.3) is 0 Å². The van der Waals surface area contributed by atoms with Crippen molar-refractivity contribution >= 4 is 16.7 Å². The molecule has 1 atom stereocenters. The largest absolute Gasteiger partial charge is 0.507 e. The van der Waals surface area contributed by atoms with Gasteiger partial charge in [-0.15, -0.1) is 0 Å². The summed E-state index contributed by atoms with van der Waals surface area (Å²) >= 11 is 0. The zero-order valence-electron chi connectivity index (χ0n) is 16.8. The molecule has 0 spiro atoms. The van der Waals surface area contributed by atoms with Gasteiger partial charge in [-0.1, -0.05) is 47.6 Å². The molecule has 0 bridgehead atoms. The van der Waals surface area contributed by atoms with E-state index in [0.29, 0.717) is 29.5 Å². The van der Waals surface area contributed by atoms with Crippen LogP contribution in [0.2, 0.25) is 0 Å². The van der Waals surface area contributed by atoms with Gasteiger partial charge in [-0.2, -0.15) is 0 Å². The maximum absolute atomic E-state index is 12.9. The molecule has 2 aromatic carbocycles. The number of hydrogen-bond donors (Lipinski definition) is 2. The van der Waals surface area contributed by atoms with Crippen LogP contribution in [0.4, 0.5) is 0 Å². The second-order valence-corrected chi connectivity index (χ2v) is 7.78. The van der Waals surface area contributed by atoms with E-state index in [4.69, 9.17) is 4.42 Å². The monoisotopic (exact) mass is 406 g/mol. The van der Waals surface area contributed by atoms with E-state index in [0.717, 1.165) is 25.2 Å². The molecule has 4 rings (SSSR count). The third-order valence-corrected chi connectivity index (χ3v) is 5.87. The quantitative estimate of drug-likeness (QED) is 0.264. The van der Waals surface area contributed by atoms with Crippen molar-refractivity contribution in [3.05, 3.63) is 76.1 Å². The van der Waals surface area contributed by atoms with Crippen molar-refractivity contribution in [3.63, 3.8) is 0 Å². The van der Waals surface area contributed by atoms with Crippen molar-refractivity contribution in [1.82, 2.24) is 4.90 Å². The first-order chi connectivity index (χ1) is 14.7. The topological polar surface area (TPSA) is 86.3 Å². The minimum absolute atomic E-state index is 0.0764. The summed E-state index contributed by atoms with van der Waals surface area (Å²) in [6.07, 6.45) is 3.33. The van der Waals surface area contributed by atoms with Crippen LogP contribution in [-0.2, 0) is 0 Å². The van der Waals surface area contributed by atoms with Crippen LogP contribution < -0.4 is 5.63 Å². The van der Waals surface area contributed by atoms with Crippen LogP contribution in [0.25, 0.3) is 11.0 Å². The van der Waals surface area contributed by atoms with Gasteiger partial charge < -0.3 is 19.6 Å². The maximum atomic E-state index is 12.9. The summed E-state index contributed by atoms with van der Waals surface area (Å²) in [7, 11) is 0. The van der Waals surface area contributed by atoms with Crippen molar-refractivity contribution in [1.29, 1.82) is 0 Å². The number of benzene rings is 2. The number of likely N-dealkylation sites (tertiary alicyclic amines) is 1. The van der Waals surface area contributed by atoms with Crippen molar-refractivity contribution in [3.8, 4) is 5.75 Å². The molecule has 1 aliphatic heterocycles. The van der Waals surface area contributed by atoms with Gasteiger partial charge in [0.15, 0.2) is 0 Å². The summed E-state index contributed by atoms with van der Waals surface area (Å²) < 4.78 is 5.51. The average molecular weight is 406 g/mol. The number of hydrogen-bond acceptors (Lipinski definition) is 6. The molecule has 0 radical (unpaired) electrons. The molecule has 1 fully saturated rings. The second-order valence-electron chi connectivity index (χ2n) is 7.78. The number of fused-ring (bicyclic) bond motifs is 1. The number of nitrogens with zero attached hydrogens (tertiary/aromatic N) is 2. The second kappa shape index (κ2) is 9.13. The Labute approximate surface area is 175 Å². The Bertz CT molecular complexity index is 1090. The van der Waals surface area contributed by atoms with E-state index < -0.39 is 11.5 Å². The fraction of sp³-hybridized carbons (Fsp3) is 0.333. The fourth-order valence-corrected chi connectivity index (χ4v) is 4.25. The van der Waals surface area contributed by atoms with Gasteiger partial charge in [-0.05, 0) is 43.6 Å². The molecular formula is C24H26N2O4. The Hall–Kier alpha value is -3.12. The van der Waals surface area contributed by atoms with E-state index in [1.54, 1.807) is 24.3 Å². The predicted octanol–water partition coefficient (Wildman–Crippen LogP) is 4.34. The van der Waals surface area contributed by atoms with Crippen molar-refractivity contribution in [2.75, 3.05) is 19.6 Å². The first-order valence-electron chi connectivity index (χ1n) is 10.4. The average Bonchev–Trinajstić information content (AvgIpc) is 3.29. The molecule has 30 heavy (non-hydrogen) atoms. The van der Waals surface area contributed by atoms with E-state index in [-0.39, 0.29) is 11.3 Å². The third kappa shape index (κ3) is 4.24.